The highest BCUT2D eigenvalue weighted by Crippen LogP contribution is 2.24. The van der Waals surface area contributed by atoms with Crippen LogP contribution in [0.1, 0.15) is 44.6 Å². The van der Waals surface area contributed by atoms with Gasteiger partial charge in [-0.15, -0.1) is 0 Å². The molecule has 1 aromatic carbocycles. The Balaban J connectivity index is 1.95. The Labute approximate surface area is 128 Å². The molecule has 0 aliphatic heterocycles. The number of nitrogens with one attached hydrogen (secondary N) is 1. The van der Waals surface area contributed by atoms with Gasteiger partial charge in [0.1, 0.15) is 5.25 Å². The standard InChI is InChI=1S/C16H20N2O2S/c1-12(21(20)15-5-3-2-4-6-15)16(19)18-14-9-7-13(11-17)8-10-14/h7-10,12,15H,2-6H2,1H3,(H,18,19). The lowest BCUT2D eigenvalue weighted by molar-refractivity contribution is -0.115. The lowest BCUT2D eigenvalue weighted by Gasteiger charge is -2.23. The molecule has 1 aliphatic carbocycles. The number of hydrogen-bond acceptors (Lipinski definition) is 3. The topological polar surface area (TPSA) is 70.0 Å². The van der Waals surface area contributed by atoms with E-state index in [9.17, 15) is 9.00 Å². The molecule has 1 saturated carbocycles. The van der Waals surface area contributed by atoms with Crippen LogP contribution in [0.3, 0.4) is 0 Å². The minimum atomic E-state index is -1.13. The summed E-state index contributed by atoms with van der Waals surface area (Å²) in [5, 5.41) is 11.2. The first kappa shape index (κ1) is 15.7. The van der Waals surface area contributed by atoms with Gasteiger partial charge in [0.15, 0.2) is 0 Å². The van der Waals surface area contributed by atoms with Gasteiger partial charge in [-0.05, 0) is 44.0 Å². The third-order valence-electron chi connectivity index (χ3n) is 3.88. The highest BCUT2D eigenvalue weighted by molar-refractivity contribution is 7.87. The number of benzene rings is 1. The summed E-state index contributed by atoms with van der Waals surface area (Å²) >= 11 is 0. The first-order valence-electron chi connectivity index (χ1n) is 7.32. The van der Waals surface area contributed by atoms with Crippen LogP contribution < -0.4 is 5.32 Å². The summed E-state index contributed by atoms with van der Waals surface area (Å²) in [7, 11) is -1.13. The molecule has 1 amide bonds. The van der Waals surface area contributed by atoms with Gasteiger partial charge in [0.2, 0.25) is 5.91 Å². The molecule has 0 bridgehead atoms. The molecule has 0 radical (unpaired) electrons. The molecular formula is C16H20N2O2S. The van der Waals surface area contributed by atoms with E-state index in [0.717, 1.165) is 25.7 Å². The highest BCUT2D eigenvalue weighted by atomic mass is 32.2. The van der Waals surface area contributed by atoms with Gasteiger partial charge in [-0.1, -0.05) is 19.3 Å². The molecule has 4 nitrogen and oxygen atoms in total. The maximum Gasteiger partial charge on any atom is 0.239 e. The number of carbonyl (C=O) groups is 1. The van der Waals surface area contributed by atoms with Crippen molar-refractivity contribution in [2.75, 3.05) is 5.32 Å². The van der Waals surface area contributed by atoms with Crippen molar-refractivity contribution in [3.8, 4) is 6.07 Å². The molecule has 2 unspecified atom stereocenters. The van der Waals surface area contributed by atoms with Crippen molar-refractivity contribution in [1.29, 1.82) is 5.26 Å². The van der Waals surface area contributed by atoms with Crippen LogP contribution >= 0.6 is 0 Å². The Bertz CT molecular complexity index is 557. The monoisotopic (exact) mass is 304 g/mol. The Hall–Kier alpha value is -1.67. The lowest BCUT2D eigenvalue weighted by Crippen LogP contribution is -2.35. The van der Waals surface area contributed by atoms with Crippen LogP contribution in [0.25, 0.3) is 0 Å². The van der Waals surface area contributed by atoms with Gasteiger partial charge in [-0.3, -0.25) is 9.00 Å². The number of nitrogens with zero attached hydrogens (tertiary/aromatic N) is 1. The maximum absolute atomic E-state index is 12.4. The van der Waals surface area contributed by atoms with Crippen LogP contribution in [0.15, 0.2) is 24.3 Å². The van der Waals surface area contributed by atoms with E-state index in [-0.39, 0.29) is 11.2 Å². The van der Waals surface area contributed by atoms with Gasteiger partial charge in [-0.25, -0.2) is 0 Å². The number of carbonyl (C=O) groups excluding carboxylic acids is 1. The van der Waals surface area contributed by atoms with E-state index >= 15 is 0 Å². The van der Waals surface area contributed by atoms with Crippen molar-refractivity contribution < 1.29 is 9.00 Å². The highest BCUT2D eigenvalue weighted by Gasteiger charge is 2.28. The van der Waals surface area contributed by atoms with Crippen molar-refractivity contribution in [2.45, 2.75) is 49.5 Å². The van der Waals surface area contributed by atoms with Crippen LogP contribution in [0.4, 0.5) is 5.69 Å². The zero-order chi connectivity index (χ0) is 15.2. The van der Waals surface area contributed by atoms with Crippen molar-refractivity contribution >= 4 is 22.4 Å². The summed E-state index contributed by atoms with van der Waals surface area (Å²) in [5.41, 5.74) is 1.18. The fraction of sp³-hybridized carbons (Fsp3) is 0.500. The average molecular weight is 304 g/mol. The summed E-state index contributed by atoms with van der Waals surface area (Å²) < 4.78 is 12.4. The normalized spacial score (nSPS) is 18.5. The maximum atomic E-state index is 12.4. The van der Waals surface area contributed by atoms with E-state index in [0.29, 0.717) is 11.3 Å². The molecule has 2 atom stereocenters. The third-order valence-corrected chi connectivity index (χ3v) is 5.92. The molecule has 5 heteroatoms. The Morgan fingerprint density at radius 1 is 1.29 bits per heavy atom. The van der Waals surface area contributed by atoms with Crippen LogP contribution in [-0.2, 0) is 15.6 Å². The summed E-state index contributed by atoms with van der Waals surface area (Å²) in [4.78, 5) is 12.2. The molecule has 0 saturated heterocycles. The molecule has 0 spiro atoms. The lowest BCUT2D eigenvalue weighted by atomic mass is 10.0. The summed E-state index contributed by atoms with van der Waals surface area (Å²) in [5.74, 6) is -0.219. The molecule has 1 fully saturated rings. The van der Waals surface area contributed by atoms with Gasteiger partial charge < -0.3 is 5.32 Å². The van der Waals surface area contributed by atoms with E-state index in [4.69, 9.17) is 5.26 Å². The number of amides is 1. The van der Waals surface area contributed by atoms with E-state index < -0.39 is 16.0 Å². The van der Waals surface area contributed by atoms with E-state index in [1.807, 2.05) is 6.07 Å². The molecule has 0 heterocycles. The number of nitriles is 1. The summed E-state index contributed by atoms with van der Waals surface area (Å²) in [6.07, 6.45) is 5.35. The molecule has 112 valence electrons. The molecule has 1 aliphatic rings. The van der Waals surface area contributed by atoms with Crippen molar-refractivity contribution in [2.24, 2.45) is 0 Å². The number of anilines is 1. The second-order valence-electron chi connectivity index (χ2n) is 5.41. The fourth-order valence-electron chi connectivity index (χ4n) is 2.56. The number of rotatable bonds is 4. The minimum Gasteiger partial charge on any atom is -0.325 e. The van der Waals surface area contributed by atoms with Crippen LogP contribution in [0.5, 0.6) is 0 Å². The van der Waals surface area contributed by atoms with Crippen LogP contribution in [0, 0.1) is 11.3 Å². The minimum absolute atomic E-state index is 0.153. The van der Waals surface area contributed by atoms with E-state index in [1.54, 1.807) is 31.2 Å². The first-order valence-corrected chi connectivity index (χ1v) is 8.60. The van der Waals surface area contributed by atoms with Crippen molar-refractivity contribution in [3.63, 3.8) is 0 Å². The molecule has 2 rings (SSSR count). The van der Waals surface area contributed by atoms with E-state index in [1.165, 1.54) is 6.42 Å². The third kappa shape index (κ3) is 4.15. The summed E-state index contributed by atoms with van der Waals surface area (Å²) in [6, 6.07) is 8.71. The Morgan fingerprint density at radius 3 is 2.48 bits per heavy atom. The van der Waals surface area contributed by atoms with Gasteiger partial charge in [-0.2, -0.15) is 5.26 Å². The average Bonchev–Trinajstić information content (AvgIpc) is 2.55. The molecule has 0 aromatic heterocycles. The van der Waals surface area contributed by atoms with Gasteiger partial charge in [0.05, 0.1) is 11.6 Å². The second-order valence-corrected chi connectivity index (χ2v) is 7.44. The SMILES string of the molecule is CC(C(=O)Nc1ccc(C#N)cc1)S(=O)C1CCCCC1. The Morgan fingerprint density at radius 2 is 1.90 bits per heavy atom. The molecule has 1 aromatic rings. The van der Waals surface area contributed by atoms with Crippen LogP contribution in [-0.4, -0.2) is 20.6 Å². The smallest absolute Gasteiger partial charge is 0.239 e. The molecular weight excluding hydrogens is 284 g/mol. The van der Waals surface area contributed by atoms with Gasteiger partial charge >= 0.3 is 0 Å². The zero-order valence-corrected chi connectivity index (χ0v) is 13.0. The molecule has 1 N–H and O–H groups in total. The van der Waals surface area contributed by atoms with Gasteiger partial charge in [0.25, 0.3) is 0 Å². The molecule has 21 heavy (non-hydrogen) atoms. The zero-order valence-electron chi connectivity index (χ0n) is 12.2. The second kappa shape index (κ2) is 7.37. The van der Waals surface area contributed by atoms with Crippen molar-refractivity contribution in [1.82, 2.24) is 0 Å². The van der Waals surface area contributed by atoms with Crippen LogP contribution in [0.2, 0.25) is 0 Å². The largest absolute Gasteiger partial charge is 0.325 e. The quantitative estimate of drug-likeness (QED) is 0.929. The Kier molecular flexibility index (Phi) is 5.51. The van der Waals surface area contributed by atoms with E-state index in [2.05, 4.69) is 5.32 Å². The number of hydrogen-bond donors (Lipinski definition) is 1. The van der Waals surface area contributed by atoms with Crippen molar-refractivity contribution in [3.05, 3.63) is 29.8 Å². The predicted octanol–water partition coefficient (Wildman–Crippen LogP) is 2.97. The summed E-state index contributed by atoms with van der Waals surface area (Å²) in [6.45, 7) is 1.73. The van der Waals surface area contributed by atoms with Gasteiger partial charge in [0, 0.05) is 21.7 Å². The predicted molar refractivity (Wildman–Crippen MR) is 84.3 cm³/mol. The first-order chi connectivity index (χ1) is 10.1. The fourth-order valence-corrected chi connectivity index (χ4v) is 4.21.